The van der Waals surface area contributed by atoms with E-state index in [0.29, 0.717) is 35.1 Å². The van der Waals surface area contributed by atoms with E-state index in [2.05, 4.69) is 38.5 Å². The largest absolute Gasteiger partial charge is 0.491 e. The van der Waals surface area contributed by atoms with Crippen molar-refractivity contribution in [3.63, 3.8) is 0 Å². The van der Waals surface area contributed by atoms with Gasteiger partial charge in [-0.25, -0.2) is 9.59 Å². The molecule has 0 fully saturated rings. The summed E-state index contributed by atoms with van der Waals surface area (Å²) >= 11 is 0. The highest BCUT2D eigenvalue weighted by Gasteiger charge is 2.24. The third kappa shape index (κ3) is 26.1. The number of carboxylic acids is 1. The third-order valence-electron chi connectivity index (χ3n) is 16.4. The van der Waals surface area contributed by atoms with Crippen molar-refractivity contribution in [2.24, 2.45) is 5.92 Å². The van der Waals surface area contributed by atoms with Gasteiger partial charge in [0.2, 0.25) is 11.8 Å². The standard InChI is InChI=1S/C45H45N3O10.C45H45N3O8/c1-28-11-13-31(14-12-28)27-57-40-25-34(44(53)54)17-20-37(40)48-42(51)32-16-19-36(38(23-32)55-22-21-41(50)58-45(3,4)5)47-43(52)33-15-18-35(46-29(2)49)39(24-33)56-26-30-9-7-6-8-10-30;1-6-22-53-45(52)36-18-21-39(42(25-36)56-28-33-14-12-30(4)13-15-33)48-44(51)35-17-20-38(41(24-35)54-26-29(2)3)47-43(50)34-16-19-37(46-31(5)49)40(23-34)55-27-32-10-8-7-9-11-32/h6-20,23-25H,21-22,26-27H2,1-5H3,(H,46,49)(H,47,52)(H,48,51)(H,53,54);6-21,23-25,29H,1,22,26-28H2,2-5H3,(H,46,49)(H,47,50)(H,48,51). The summed E-state index contributed by atoms with van der Waals surface area (Å²) < 4.78 is 46.8. The minimum Gasteiger partial charge on any atom is -0.491 e. The van der Waals surface area contributed by atoms with E-state index >= 15 is 0 Å². The normalized spacial score (nSPS) is 10.7. The second-order valence-corrected chi connectivity index (χ2v) is 27.6. The van der Waals surface area contributed by atoms with Gasteiger partial charge in [-0.15, -0.1) is 0 Å². The molecule has 10 aromatic rings. The molecular formula is C90H90N6O18. The molecule has 588 valence electrons. The van der Waals surface area contributed by atoms with Gasteiger partial charge in [-0.05, 0) is 172 Å². The average molecular weight is 1540 g/mol. The third-order valence-corrected chi connectivity index (χ3v) is 16.4. The smallest absolute Gasteiger partial charge is 0.338 e. The van der Waals surface area contributed by atoms with Crippen molar-refractivity contribution in [2.75, 3.05) is 51.7 Å². The minimum atomic E-state index is -1.16. The maximum atomic E-state index is 13.7. The van der Waals surface area contributed by atoms with Crippen LogP contribution in [-0.4, -0.2) is 83.9 Å². The number of carbonyl (C=O) groups excluding carboxylic acids is 8. The van der Waals surface area contributed by atoms with Gasteiger partial charge in [0, 0.05) is 36.1 Å². The highest BCUT2D eigenvalue weighted by molar-refractivity contribution is 6.10. The lowest BCUT2D eigenvalue weighted by atomic mass is 10.1. The van der Waals surface area contributed by atoms with Gasteiger partial charge in [0.25, 0.3) is 23.6 Å². The summed E-state index contributed by atoms with van der Waals surface area (Å²) in [5.74, 6) is -3.40. The monoisotopic (exact) mass is 1540 g/mol. The van der Waals surface area contributed by atoms with Crippen LogP contribution in [0.5, 0.6) is 34.5 Å². The highest BCUT2D eigenvalue weighted by Crippen LogP contribution is 2.36. The first-order valence-corrected chi connectivity index (χ1v) is 36.5. The van der Waals surface area contributed by atoms with E-state index in [1.165, 1.54) is 80.6 Å². The number of rotatable bonds is 33. The van der Waals surface area contributed by atoms with Crippen LogP contribution in [0, 0.1) is 19.8 Å². The van der Waals surface area contributed by atoms with Gasteiger partial charge in [-0.3, -0.25) is 33.6 Å². The molecule has 0 aromatic heterocycles. The van der Waals surface area contributed by atoms with Crippen LogP contribution in [0.3, 0.4) is 0 Å². The predicted molar refractivity (Wildman–Crippen MR) is 435 cm³/mol. The van der Waals surface area contributed by atoms with Gasteiger partial charge < -0.3 is 74.9 Å². The maximum Gasteiger partial charge on any atom is 0.338 e. The Balaban J connectivity index is 0.000000261. The second kappa shape index (κ2) is 40.6. The molecule has 10 rings (SSSR count). The Bertz CT molecular complexity index is 5100. The molecule has 7 N–H and O–H groups in total. The Hall–Kier alpha value is -14.0. The minimum absolute atomic E-state index is 0.0303. The molecule has 0 saturated heterocycles. The number of aryl methyl sites for hydroxylation is 2. The zero-order chi connectivity index (χ0) is 81.8. The molecule has 10 aromatic carbocycles. The van der Waals surface area contributed by atoms with Gasteiger partial charge >= 0.3 is 17.9 Å². The Kier molecular flexibility index (Phi) is 29.9. The molecule has 0 bridgehead atoms. The molecule has 0 aliphatic rings. The zero-order valence-corrected chi connectivity index (χ0v) is 64.7. The number of aromatic carboxylic acids is 1. The number of amides is 6. The molecule has 24 heteroatoms. The molecule has 0 aliphatic carbocycles. The summed E-state index contributed by atoms with van der Waals surface area (Å²) in [4.78, 5) is 115. The number of carboxylic acid groups (broad SMARTS) is 1. The Morgan fingerprint density at radius 1 is 0.395 bits per heavy atom. The molecule has 0 heterocycles. The number of esters is 2. The number of nitrogens with one attached hydrogen (secondary N) is 6. The molecule has 6 amide bonds. The first kappa shape index (κ1) is 84.0. The number of benzene rings is 10. The number of carbonyl (C=O) groups is 9. The number of hydrogen-bond donors (Lipinski definition) is 7. The van der Waals surface area contributed by atoms with Gasteiger partial charge in [-0.2, -0.15) is 0 Å². The zero-order valence-electron chi connectivity index (χ0n) is 64.7. The quantitative estimate of drug-likeness (QED) is 0.0148. The van der Waals surface area contributed by atoms with Crippen molar-refractivity contribution in [2.45, 2.75) is 101 Å². The first-order valence-electron chi connectivity index (χ1n) is 36.5. The van der Waals surface area contributed by atoms with Crippen LogP contribution in [0.25, 0.3) is 0 Å². The number of hydrogen-bond acceptors (Lipinski definition) is 17. The van der Waals surface area contributed by atoms with Gasteiger partial charge in [0.05, 0.1) is 64.9 Å². The van der Waals surface area contributed by atoms with Crippen molar-refractivity contribution in [3.8, 4) is 34.5 Å². The molecule has 114 heavy (non-hydrogen) atoms. The lowest BCUT2D eigenvalue weighted by molar-refractivity contribution is -0.155. The van der Waals surface area contributed by atoms with Crippen LogP contribution in [0.4, 0.5) is 34.1 Å². The van der Waals surface area contributed by atoms with Crippen molar-refractivity contribution < 1.29 is 86.2 Å². The van der Waals surface area contributed by atoms with Gasteiger partial charge in [0.15, 0.2) is 0 Å². The fourth-order valence-corrected chi connectivity index (χ4v) is 10.7. The summed E-state index contributed by atoms with van der Waals surface area (Å²) in [6.45, 7) is 20.4. The fraction of sp³-hybridized carbons (Fsp3) is 0.211. The van der Waals surface area contributed by atoms with E-state index in [4.69, 9.17) is 37.9 Å². The SMILES string of the molecule is C=CCOC(=O)c1ccc(NC(=O)c2ccc(NC(=O)c3ccc(NC(C)=O)c(OCc4ccccc4)c3)c(OCC(C)C)c2)c(OCc2ccc(C)cc2)c1.CC(=O)Nc1ccc(C(=O)Nc2ccc(C(=O)Nc3ccc(C(=O)O)cc3OCc3ccc(C)cc3)cc2OCCC(=O)OC(C)(C)C)cc1OCc1ccccc1. The second-order valence-electron chi connectivity index (χ2n) is 27.6. The first-order chi connectivity index (χ1) is 54.6. The van der Waals surface area contributed by atoms with Crippen LogP contribution in [0.1, 0.15) is 150 Å². The van der Waals surface area contributed by atoms with E-state index in [0.717, 1.165) is 33.4 Å². The van der Waals surface area contributed by atoms with Crippen LogP contribution in [0.15, 0.2) is 231 Å². The van der Waals surface area contributed by atoms with Gasteiger partial charge in [-0.1, -0.05) is 147 Å². The van der Waals surface area contributed by atoms with Gasteiger partial charge in [0.1, 0.15) is 73.1 Å². The molecule has 0 unspecified atom stereocenters. The van der Waals surface area contributed by atoms with Crippen molar-refractivity contribution in [3.05, 3.63) is 298 Å². The average Bonchev–Trinajstić information content (AvgIpc) is 0.820. The van der Waals surface area contributed by atoms with Crippen LogP contribution < -0.4 is 60.3 Å². The van der Waals surface area contributed by atoms with Crippen molar-refractivity contribution >= 4 is 87.5 Å². The van der Waals surface area contributed by atoms with Crippen LogP contribution in [0.2, 0.25) is 0 Å². The summed E-state index contributed by atoms with van der Waals surface area (Å²) in [5, 5.41) is 26.5. The van der Waals surface area contributed by atoms with E-state index in [1.54, 1.807) is 69.3 Å². The van der Waals surface area contributed by atoms with Crippen molar-refractivity contribution in [1.29, 1.82) is 0 Å². The van der Waals surface area contributed by atoms with E-state index in [1.807, 2.05) is 137 Å². The summed E-state index contributed by atoms with van der Waals surface area (Å²) in [6, 6.07) is 61.5. The Labute approximate surface area is 661 Å². The summed E-state index contributed by atoms with van der Waals surface area (Å²) in [5.41, 5.74) is 7.94. The molecule has 0 atom stereocenters. The predicted octanol–water partition coefficient (Wildman–Crippen LogP) is 17.4. The lowest BCUT2D eigenvalue weighted by Crippen LogP contribution is -2.25. The highest BCUT2D eigenvalue weighted by atomic mass is 16.6. The van der Waals surface area contributed by atoms with Crippen molar-refractivity contribution in [1.82, 2.24) is 0 Å². The van der Waals surface area contributed by atoms with E-state index in [9.17, 15) is 48.3 Å². The Morgan fingerprint density at radius 2 is 0.702 bits per heavy atom. The summed E-state index contributed by atoms with van der Waals surface area (Å²) in [7, 11) is 0. The van der Waals surface area contributed by atoms with Crippen LogP contribution >= 0.6 is 0 Å². The topological polar surface area (TPSA) is 320 Å². The molecular weight excluding hydrogens is 1450 g/mol. The van der Waals surface area contributed by atoms with E-state index < -0.39 is 47.1 Å². The molecule has 0 spiro atoms. The maximum absolute atomic E-state index is 13.7. The fourth-order valence-electron chi connectivity index (χ4n) is 10.7. The number of anilines is 6. The molecule has 0 radical (unpaired) electrons. The lowest BCUT2D eigenvalue weighted by Gasteiger charge is -2.20. The number of ether oxygens (including phenoxy) is 8. The molecule has 0 saturated carbocycles. The molecule has 0 aliphatic heterocycles. The van der Waals surface area contributed by atoms with Crippen LogP contribution in [-0.2, 0) is 50.3 Å². The Morgan fingerprint density at radius 3 is 1.04 bits per heavy atom. The molecule has 24 nitrogen and oxygen atoms in total. The summed E-state index contributed by atoms with van der Waals surface area (Å²) in [6.07, 6.45) is 1.36. The van der Waals surface area contributed by atoms with E-state index in [-0.39, 0.29) is 137 Å².